The fourth-order valence-electron chi connectivity index (χ4n) is 7.90. The van der Waals surface area contributed by atoms with E-state index in [0.717, 1.165) is 38.5 Å². The minimum atomic E-state index is -1.16. The van der Waals surface area contributed by atoms with Gasteiger partial charge in [0.25, 0.3) is 0 Å². The van der Waals surface area contributed by atoms with Crippen molar-refractivity contribution in [2.45, 2.75) is 181 Å². The van der Waals surface area contributed by atoms with Crippen LogP contribution < -0.4 is 32.3 Å². The molecule has 0 aliphatic heterocycles. The number of carboxylic acid groups (broad SMARTS) is 2. The smallest absolute Gasteiger partial charge is 0.305 e. The first-order valence-electron chi connectivity index (χ1n) is 20.5. The van der Waals surface area contributed by atoms with E-state index < -0.39 is 54.4 Å². The number of carboxylic acids is 2. The van der Waals surface area contributed by atoms with Crippen LogP contribution in [0.1, 0.15) is 144 Å². The Morgan fingerprint density at radius 2 is 1.09 bits per heavy atom. The molecule has 0 aromatic heterocycles. The maximum Gasteiger partial charge on any atom is 0.305 e. The lowest BCUT2D eigenvalue weighted by atomic mass is 9.83. The van der Waals surface area contributed by atoms with Crippen LogP contribution in [0.3, 0.4) is 0 Å². The van der Waals surface area contributed by atoms with Gasteiger partial charge in [-0.1, -0.05) is 67.2 Å². The molecule has 5 amide bonds. The zero-order valence-corrected chi connectivity index (χ0v) is 34.0. The second-order valence-electron chi connectivity index (χ2n) is 17.1. The molecule has 0 aromatic rings. The first kappa shape index (κ1) is 47.4. The summed E-state index contributed by atoms with van der Waals surface area (Å²) in [7, 11) is 0. The van der Waals surface area contributed by atoms with Gasteiger partial charge in [0.1, 0.15) is 0 Å². The number of amides is 5. The van der Waals surface area contributed by atoms with Crippen LogP contribution in [0.2, 0.25) is 0 Å². The van der Waals surface area contributed by atoms with E-state index in [1.54, 1.807) is 0 Å². The Morgan fingerprint density at radius 1 is 0.582 bits per heavy atom. The van der Waals surface area contributed by atoms with Crippen LogP contribution >= 0.6 is 0 Å². The Bertz CT molecular complexity index is 1290. The van der Waals surface area contributed by atoms with Crippen molar-refractivity contribution in [1.82, 2.24) is 26.6 Å². The summed E-state index contributed by atoms with van der Waals surface area (Å²) in [4.78, 5) is 89.0. The van der Waals surface area contributed by atoms with Crippen molar-refractivity contribution in [2.24, 2.45) is 35.3 Å². The van der Waals surface area contributed by atoms with Crippen LogP contribution in [-0.2, 0) is 33.6 Å². The monoisotopic (exact) mass is 779 g/mol. The lowest BCUT2D eigenvalue weighted by Gasteiger charge is -2.33. The fourth-order valence-corrected chi connectivity index (χ4v) is 7.90. The van der Waals surface area contributed by atoms with Crippen molar-refractivity contribution < 1.29 is 43.8 Å². The Balaban J connectivity index is 2.03. The molecule has 0 saturated heterocycles. The maximum absolute atomic E-state index is 13.7. The molecule has 0 radical (unpaired) electrons. The predicted octanol–water partition coefficient (Wildman–Crippen LogP) is 3.38. The molecular formula is C40H70N6O9. The van der Waals surface area contributed by atoms with Crippen LogP contribution in [-0.4, -0.2) is 87.9 Å². The molecule has 0 heterocycles. The molecule has 15 heteroatoms. The summed E-state index contributed by atoms with van der Waals surface area (Å²) in [5.74, 6) is -4.15. The number of carbonyl (C=O) groups is 7. The highest BCUT2D eigenvalue weighted by Crippen LogP contribution is 2.26. The van der Waals surface area contributed by atoms with Gasteiger partial charge in [-0.2, -0.15) is 0 Å². The van der Waals surface area contributed by atoms with Crippen LogP contribution in [0.25, 0.3) is 0 Å². The molecule has 0 bridgehead atoms. The summed E-state index contributed by atoms with van der Waals surface area (Å²) in [5.41, 5.74) is 6.25. The van der Waals surface area contributed by atoms with Crippen molar-refractivity contribution in [3.63, 3.8) is 0 Å². The first-order valence-corrected chi connectivity index (χ1v) is 20.5. The molecule has 2 aliphatic carbocycles. The van der Waals surface area contributed by atoms with E-state index in [2.05, 4.69) is 26.6 Å². The van der Waals surface area contributed by atoms with Crippen LogP contribution in [0.4, 0.5) is 0 Å². The van der Waals surface area contributed by atoms with Gasteiger partial charge in [-0.05, 0) is 62.7 Å². The molecule has 0 spiro atoms. The Labute approximate surface area is 327 Å². The van der Waals surface area contributed by atoms with Crippen molar-refractivity contribution >= 4 is 41.5 Å². The van der Waals surface area contributed by atoms with Gasteiger partial charge in [0.05, 0.1) is 18.3 Å². The normalized spacial score (nSPS) is 22.2. The van der Waals surface area contributed by atoms with Crippen LogP contribution in [0.15, 0.2) is 0 Å². The Kier molecular flexibility index (Phi) is 20.7. The van der Waals surface area contributed by atoms with E-state index >= 15 is 0 Å². The van der Waals surface area contributed by atoms with Gasteiger partial charge < -0.3 is 42.5 Å². The molecular weight excluding hydrogens is 708 g/mol. The number of nitrogens with two attached hydrogens (primary N) is 1. The van der Waals surface area contributed by atoms with Gasteiger partial charge in [0.2, 0.25) is 29.5 Å². The number of hydrogen-bond donors (Lipinski definition) is 8. The lowest BCUT2D eigenvalue weighted by molar-refractivity contribution is -0.140. The lowest BCUT2D eigenvalue weighted by Crippen LogP contribution is -2.52. The summed E-state index contributed by atoms with van der Waals surface area (Å²) in [6.45, 7) is 11.8. The van der Waals surface area contributed by atoms with E-state index in [0.29, 0.717) is 25.7 Å². The summed E-state index contributed by atoms with van der Waals surface area (Å²) in [6, 6.07) is -2.87. The number of nitrogens with one attached hydrogen (secondary N) is 5. The number of carbonyl (C=O) groups excluding carboxylic acids is 5. The van der Waals surface area contributed by atoms with Crippen molar-refractivity contribution in [2.75, 3.05) is 0 Å². The average molecular weight is 779 g/mol. The molecule has 55 heavy (non-hydrogen) atoms. The van der Waals surface area contributed by atoms with E-state index in [9.17, 15) is 38.7 Å². The standard InChI is InChI=1S/C40H70N6O9/c1-23(2)17-27(19-34(47)42-26(21-38(52)53)15-16-37(50)51)44-40(55)30-12-8-10-14-32(30)45-36(49)22-33(25(5)6)46-35(48)20-28(18-24(3)4)43-39(54)29-11-7-9-13-31(29)41/h23-33H,7-22,41H2,1-6H3,(H,42,47)(H,43,54)(H,44,55)(H,45,49)(H,46,48)(H,50,51)(H,52,53)/t26-,27-,28-,29+,30+,31+,32+,33+/m0/s1. The second kappa shape index (κ2) is 24.0. The van der Waals surface area contributed by atoms with Gasteiger partial charge in [-0.15, -0.1) is 0 Å². The molecule has 2 rings (SSSR count). The third kappa shape index (κ3) is 18.6. The Hall–Kier alpha value is -3.75. The van der Waals surface area contributed by atoms with E-state index in [4.69, 9.17) is 10.8 Å². The molecule has 2 saturated carbocycles. The van der Waals surface area contributed by atoms with Gasteiger partial charge in [-0.25, -0.2) is 0 Å². The van der Waals surface area contributed by atoms with Crippen molar-refractivity contribution in [3.8, 4) is 0 Å². The molecule has 0 aromatic carbocycles. The van der Waals surface area contributed by atoms with Crippen molar-refractivity contribution in [3.05, 3.63) is 0 Å². The topological polar surface area (TPSA) is 246 Å². The maximum atomic E-state index is 13.7. The third-order valence-corrected chi connectivity index (χ3v) is 10.7. The molecule has 2 aliphatic rings. The molecule has 2 fully saturated rings. The number of aliphatic carboxylic acids is 2. The molecule has 314 valence electrons. The first-order chi connectivity index (χ1) is 25.8. The minimum Gasteiger partial charge on any atom is -0.481 e. The largest absolute Gasteiger partial charge is 0.481 e. The number of rotatable bonds is 23. The molecule has 8 atom stereocenters. The van der Waals surface area contributed by atoms with Crippen molar-refractivity contribution in [1.29, 1.82) is 0 Å². The fraction of sp³-hybridized carbons (Fsp3) is 0.825. The highest BCUT2D eigenvalue weighted by atomic mass is 16.4. The predicted molar refractivity (Wildman–Crippen MR) is 208 cm³/mol. The molecule has 15 nitrogen and oxygen atoms in total. The summed E-state index contributed by atoms with van der Waals surface area (Å²) in [6.07, 6.45) is 6.64. The quantitative estimate of drug-likeness (QED) is 0.0752. The van der Waals surface area contributed by atoms with Crippen LogP contribution in [0, 0.1) is 29.6 Å². The molecule has 9 N–H and O–H groups in total. The van der Waals surface area contributed by atoms with Gasteiger partial charge >= 0.3 is 11.9 Å². The molecule has 0 unspecified atom stereocenters. The second-order valence-corrected chi connectivity index (χ2v) is 17.1. The van der Waals surface area contributed by atoms with Gasteiger partial charge in [-0.3, -0.25) is 33.6 Å². The van der Waals surface area contributed by atoms with Gasteiger partial charge in [0.15, 0.2) is 0 Å². The third-order valence-electron chi connectivity index (χ3n) is 10.7. The highest BCUT2D eigenvalue weighted by Gasteiger charge is 2.35. The highest BCUT2D eigenvalue weighted by molar-refractivity contribution is 5.85. The zero-order valence-electron chi connectivity index (χ0n) is 34.0. The average Bonchev–Trinajstić information content (AvgIpc) is 3.06. The van der Waals surface area contributed by atoms with E-state index in [1.807, 2.05) is 41.5 Å². The SMILES string of the molecule is CC(C)C[C@@H](CC(=O)N[C@H](CC(=O)N[C@@H]1CCCC[C@H]1C(=O)N[C@H](CC(=O)N[C@@H](CCC(=O)O)CC(=O)O)CC(C)C)C(C)C)NC(=O)[C@@H]1CCCC[C@H]1N. The van der Waals surface area contributed by atoms with Gasteiger partial charge in [0, 0.05) is 61.9 Å². The zero-order chi connectivity index (χ0) is 41.2. The summed E-state index contributed by atoms with van der Waals surface area (Å²) in [5, 5.41) is 33.1. The Morgan fingerprint density at radius 3 is 1.60 bits per heavy atom. The summed E-state index contributed by atoms with van der Waals surface area (Å²) < 4.78 is 0. The number of hydrogen-bond acceptors (Lipinski definition) is 8. The minimum absolute atomic E-state index is 0.0158. The summed E-state index contributed by atoms with van der Waals surface area (Å²) >= 11 is 0. The van der Waals surface area contributed by atoms with Crippen LogP contribution in [0.5, 0.6) is 0 Å². The van der Waals surface area contributed by atoms with E-state index in [-0.39, 0.29) is 91.5 Å². The van der Waals surface area contributed by atoms with E-state index in [1.165, 1.54) is 0 Å².